The summed E-state index contributed by atoms with van der Waals surface area (Å²) in [4.78, 5) is 56.2. The fourth-order valence-electron chi connectivity index (χ4n) is 8.67. The normalized spacial score (nSPS) is 22.9. The van der Waals surface area contributed by atoms with Crippen molar-refractivity contribution < 1.29 is 41.8 Å². The first-order chi connectivity index (χ1) is 24.7. The second-order valence-corrected chi connectivity index (χ2v) is 14.2. The molecule has 4 aliphatic rings. The van der Waals surface area contributed by atoms with Crippen LogP contribution in [0.5, 0.6) is 0 Å². The molecular formula is C38H34F4N4O6. The van der Waals surface area contributed by atoms with Crippen LogP contribution in [0.3, 0.4) is 0 Å². The van der Waals surface area contributed by atoms with Gasteiger partial charge in [0, 0.05) is 46.6 Å². The van der Waals surface area contributed by atoms with Crippen LogP contribution in [0.25, 0.3) is 10.9 Å². The van der Waals surface area contributed by atoms with E-state index in [0.717, 1.165) is 27.8 Å². The molecule has 3 N–H and O–H groups in total. The van der Waals surface area contributed by atoms with Crippen LogP contribution >= 0.6 is 0 Å². The zero-order chi connectivity index (χ0) is 36.9. The van der Waals surface area contributed by atoms with Gasteiger partial charge in [0.2, 0.25) is 5.91 Å². The zero-order valence-electron chi connectivity index (χ0n) is 28.2. The predicted octanol–water partition coefficient (Wildman–Crippen LogP) is 4.86. The van der Waals surface area contributed by atoms with Crippen molar-refractivity contribution in [1.29, 1.82) is 0 Å². The molecule has 4 heterocycles. The fourth-order valence-corrected chi connectivity index (χ4v) is 8.67. The number of hydrogen-bond acceptors (Lipinski definition) is 7. The molecule has 0 saturated carbocycles. The van der Waals surface area contributed by atoms with Gasteiger partial charge in [-0.05, 0) is 91.0 Å². The van der Waals surface area contributed by atoms with Crippen LogP contribution in [0.1, 0.15) is 82.1 Å². The number of ether oxygens (including phenoxy) is 1. The number of nitrogens with one attached hydrogen (secondary N) is 2. The van der Waals surface area contributed by atoms with Crippen LogP contribution in [0.2, 0.25) is 0 Å². The number of fused-ring (bicyclic) bond motifs is 6. The Kier molecular flexibility index (Phi) is 7.83. The van der Waals surface area contributed by atoms with E-state index < -0.39 is 29.7 Å². The van der Waals surface area contributed by atoms with Crippen LogP contribution in [-0.2, 0) is 63.6 Å². The van der Waals surface area contributed by atoms with Crippen LogP contribution in [-0.4, -0.2) is 38.6 Å². The zero-order valence-corrected chi connectivity index (χ0v) is 28.2. The highest BCUT2D eigenvalue weighted by Crippen LogP contribution is 2.48. The Morgan fingerprint density at radius 2 is 1.85 bits per heavy atom. The highest BCUT2D eigenvalue weighted by molar-refractivity contribution is 5.95. The first-order valence-corrected chi connectivity index (χ1v) is 17.2. The lowest BCUT2D eigenvalue weighted by molar-refractivity contribution is -0.172. The molecule has 4 atom stereocenters. The summed E-state index contributed by atoms with van der Waals surface area (Å²) in [6, 6.07) is 8.30. The summed E-state index contributed by atoms with van der Waals surface area (Å²) in [5, 5.41) is 17.0. The second-order valence-electron chi connectivity index (χ2n) is 14.2. The summed E-state index contributed by atoms with van der Waals surface area (Å²) >= 11 is 0. The minimum Gasteiger partial charge on any atom is -0.458 e. The number of rotatable bonds is 5. The number of carbonyl (C=O) groups is 3. The number of aliphatic hydroxyl groups is 1. The van der Waals surface area contributed by atoms with Gasteiger partial charge in [-0.25, -0.2) is 9.18 Å². The van der Waals surface area contributed by atoms with Gasteiger partial charge in [0.25, 0.3) is 5.56 Å². The summed E-state index contributed by atoms with van der Waals surface area (Å²) in [6.45, 7) is 3.59. The molecule has 4 aromatic rings. The number of nitrogens with zero attached hydrogens (tertiary/aromatic N) is 2. The molecular weight excluding hydrogens is 684 g/mol. The first kappa shape index (κ1) is 34.0. The monoisotopic (exact) mass is 718 g/mol. The molecule has 2 aromatic heterocycles. The van der Waals surface area contributed by atoms with Gasteiger partial charge in [-0.2, -0.15) is 13.2 Å². The third-order valence-corrected chi connectivity index (χ3v) is 11.4. The van der Waals surface area contributed by atoms with Crippen molar-refractivity contribution in [3.8, 4) is 0 Å². The Morgan fingerprint density at radius 3 is 2.56 bits per heavy atom. The third-order valence-electron chi connectivity index (χ3n) is 11.4. The van der Waals surface area contributed by atoms with Crippen molar-refractivity contribution in [2.45, 2.75) is 89.3 Å². The van der Waals surface area contributed by atoms with Crippen LogP contribution in [0.4, 0.5) is 23.2 Å². The average molecular weight is 719 g/mol. The molecule has 2 unspecified atom stereocenters. The Balaban J connectivity index is 1.13. The Bertz CT molecular complexity index is 2290. The van der Waals surface area contributed by atoms with Crippen molar-refractivity contribution in [2.75, 3.05) is 5.32 Å². The molecule has 14 heteroatoms. The minimum atomic E-state index is -5.03. The number of anilines is 1. The second kappa shape index (κ2) is 12.0. The van der Waals surface area contributed by atoms with Crippen molar-refractivity contribution in [3.63, 3.8) is 0 Å². The van der Waals surface area contributed by atoms with E-state index in [2.05, 4.69) is 5.32 Å². The number of esters is 1. The van der Waals surface area contributed by atoms with Crippen molar-refractivity contribution >= 4 is 34.4 Å². The van der Waals surface area contributed by atoms with Gasteiger partial charge in [-0.1, -0.05) is 19.1 Å². The number of cyclic esters (lactones) is 1. The smallest absolute Gasteiger partial charge is 0.458 e. The van der Waals surface area contributed by atoms with E-state index in [1.54, 1.807) is 29.8 Å². The van der Waals surface area contributed by atoms with Gasteiger partial charge < -0.3 is 25.0 Å². The maximum atomic E-state index is 15.3. The molecule has 52 heavy (non-hydrogen) atoms. The quantitative estimate of drug-likeness (QED) is 0.198. The number of halogens is 4. The molecule has 2 amide bonds. The van der Waals surface area contributed by atoms with E-state index in [9.17, 15) is 37.5 Å². The topological polar surface area (TPSA) is 140 Å². The Labute approximate surface area is 294 Å². The molecule has 0 radical (unpaired) electrons. The minimum absolute atomic E-state index is 0.0227. The van der Waals surface area contributed by atoms with Crippen molar-refractivity contribution in [2.24, 2.45) is 5.92 Å². The fraction of sp³-hybridized carbons (Fsp3) is 0.395. The molecule has 0 bridgehead atoms. The molecule has 0 spiro atoms. The van der Waals surface area contributed by atoms with Crippen LogP contribution in [0, 0.1) is 18.7 Å². The molecule has 270 valence electrons. The summed E-state index contributed by atoms with van der Waals surface area (Å²) in [6.07, 6.45) is -3.09. The third kappa shape index (κ3) is 5.29. The number of aryl methyl sites for hydroxylation is 1. The largest absolute Gasteiger partial charge is 0.471 e. The maximum absolute atomic E-state index is 15.3. The number of hydrogen-bond donors (Lipinski definition) is 3. The predicted molar refractivity (Wildman–Crippen MR) is 179 cm³/mol. The van der Waals surface area contributed by atoms with E-state index in [1.165, 1.54) is 30.3 Å². The van der Waals surface area contributed by atoms with Gasteiger partial charge in [0.15, 0.2) is 5.60 Å². The number of pyridine rings is 2. The van der Waals surface area contributed by atoms with Gasteiger partial charge in [0.05, 0.1) is 23.5 Å². The maximum Gasteiger partial charge on any atom is 0.471 e. The van der Waals surface area contributed by atoms with E-state index >= 15 is 4.39 Å². The summed E-state index contributed by atoms with van der Waals surface area (Å²) in [7, 11) is 0. The summed E-state index contributed by atoms with van der Waals surface area (Å²) in [5.74, 6) is -3.75. The molecule has 2 aliphatic carbocycles. The van der Waals surface area contributed by atoms with Gasteiger partial charge in [0.1, 0.15) is 12.4 Å². The number of alkyl halides is 3. The lowest BCUT2D eigenvalue weighted by Crippen LogP contribution is -2.44. The molecule has 0 saturated heterocycles. The molecule has 8 rings (SSSR count). The SMILES string of the molecule is CC[C@@]1(O)C(=O)OCc2c1cc1n(c2=O)CC2Cc3c(nc4cc(F)c(C)c5c4c3[C@@H](NC(=O)Cc3ccc(NC(=O)C(F)(F)F)cc3)CC5)CC12. The highest BCUT2D eigenvalue weighted by atomic mass is 19.4. The Hall–Kier alpha value is -5.11. The van der Waals surface area contributed by atoms with E-state index in [-0.39, 0.29) is 65.4 Å². The molecule has 0 fully saturated rings. The van der Waals surface area contributed by atoms with Crippen LogP contribution < -0.4 is 16.2 Å². The average Bonchev–Trinajstić information content (AvgIpc) is 3.46. The highest BCUT2D eigenvalue weighted by Gasteiger charge is 2.48. The van der Waals surface area contributed by atoms with E-state index in [1.807, 2.05) is 0 Å². The number of benzene rings is 2. The lowest BCUT2D eigenvalue weighted by Gasteiger charge is -2.35. The van der Waals surface area contributed by atoms with Crippen molar-refractivity contribution in [3.05, 3.63) is 103 Å². The van der Waals surface area contributed by atoms with Gasteiger partial charge in [-0.3, -0.25) is 19.4 Å². The number of carbonyl (C=O) groups excluding carboxylic acids is 3. The summed E-state index contributed by atoms with van der Waals surface area (Å²) in [5.41, 5.74) is 3.91. The first-order valence-electron chi connectivity index (χ1n) is 17.2. The molecule has 10 nitrogen and oxygen atoms in total. The van der Waals surface area contributed by atoms with E-state index in [4.69, 9.17) is 9.72 Å². The van der Waals surface area contributed by atoms with Crippen LogP contribution in [0.15, 0.2) is 41.2 Å². The Morgan fingerprint density at radius 1 is 1.10 bits per heavy atom. The standard InChI is InChI=1S/C38H34F4N4O6/c1-3-37(51)25-13-30-22-12-28-23(11-19(22)15-46(30)34(48)24(25)16-52-36(37)50)33-27(9-8-21-17(2)26(39)14-29(44-28)32(21)33)45-31(47)10-18-4-6-20(7-5-18)43-35(49)38(40,41)42/h4-7,13-14,19,22,27,51H,3,8-12,15-16H2,1-2H3,(H,43,49)(H,45,47)/t19?,22?,27-,37-/m0/s1. The number of aromatic nitrogens is 2. The number of amides is 2. The lowest BCUT2D eigenvalue weighted by atomic mass is 9.72. The molecule has 2 aromatic carbocycles. The summed E-state index contributed by atoms with van der Waals surface area (Å²) < 4.78 is 60.1. The van der Waals surface area contributed by atoms with Crippen molar-refractivity contribution in [1.82, 2.24) is 14.9 Å². The van der Waals surface area contributed by atoms with E-state index in [0.29, 0.717) is 54.6 Å². The van der Waals surface area contributed by atoms with Gasteiger partial charge >= 0.3 is 18.1 Å². The van der Waals surface area contributed by atoms with Gasteiger partial charge in [-0.15, -0.1) is 0 Å². The molecule has 2 aliphatic heterocycles.